The van der Waals surface area contributed by atoms with E-state index in [9.17, 15) is 0 Å². The highest BCUT2D eigenvalue weighted by molar-refractivity contribution is 14.0. The van der Waals surface area contributed by atoms with Gasteiger partial charge in [-0.05, 0) is 51.2 Å². The van der Waals surface area contributed by atoms with E-state index < -0.39 is 0 Å². The Bertz CT molecular complexity index is 646. The number of hydrogen-bond acceptors (Lipinski definition) is 6. The number of guanidine groups is 1. The van der Waals surface area contributed by atoms with E-state index in [4.69, 9.17) is 23.6 Å². The summed E-state index contributed by atoms with van der Waals surface area (Å²) in [6.07, 6.45) is 3.20. The topological polar surface area (TPSA) is 80.5 Å². The number of halogens is 1. The monoisotopic (exact) mass is 564 g/mol. The van der Waals surface area contributed by atoms with Gasteiger partial charge in [-0.2, -0.15) is 0 Å². The van der Waals surface area contributed by atoms with Gasteiger partial charge in [0.1, 0.15) is 11.5 Å². The minimum absolute atomic E-state index is 0. The molecule has 0 saturated carbocycles. The second-order valence-electron chi connectivity index (χ2n) is 8.24. The lowest BCUT2D eigenvalue weighted by atomic mass is 10.0. The Morgan fingerprint density at radius 2 is 1.91 bits per heavy atom. The summed E-state index contributed by atoms with van der Waals surface area (Å²) in [6.45, 7) is 13.1. The lowest BCUT2D eigenvalue weighted by molar-refractivity contribution is 0.0135. The highest BCUT2D eigenvalue weighted by Crippen LogP contribution is 2.24. The first-order valence-corrected chi connectivity index (χ1v) is 11.8. The van der Waals surface area contributed by atoms with Gasteiger partial charge >= 0.3 is 0 Å². The lowest BCUT2D eigenvalue weighted by Gasteiger charge is -2.32. The van der Waals surface area contributed by atoms with Gasteiger partial charge in [-0.3, -0.25) is 9.89 Å². The van der Waals surface area contributed by atoms with E-state index in [1.54, 1.807) is 0 Å². The van der Waals surface area contributed by atoms with Crippen molar-refractivity contribution in [3.8, 4) is 0 Å². The number of nitrogens with zero attached hydrogens (tertiary/aromatic N) is 2. The molecule has 1 aromatic rings. The largest absolute Gasteiger partial charge is 0.465 e. The van der Waals surface area contributed by atoms with Crippen molar-refractivity contribution in [1.82, 2.24) is 15.5 Å². The first-order valence-electron chi connectivity index (χ1n) is 11.8. The van der Waals surface area contributed by atoms with Crippen LogP contribution in [0.2, 0.25) is 0 Å². The van der Waals surface area contributed by atoms with Gasteiger partial charge in [-0.15, -0.1) is 24.0 Å². The fraction of sp³-hybridized carbons (Fsp3) is 0.783. The van der Waals surface area contributed by atoms with Crippen molar-refractivity contribution in [3.63, 3.8) is 0 Å². The molecule has 2 fully saturated rings. The predicted octanol–water partition coefficient (Wildman–Crippen LogP) is 2.97. The molecule has 2 saturated heterocycles. The highest BCUT2D eigenvalue weighted by atomic mass is 127. The average molecular weight is 565 g/mol. The van der Waals surface area contributed by atoms with Crippen molar-refractivity contribution in [2.45, 2.75) is 39.2 Å². The molecule has 0 aliphatic carbocycles. The minimum Gasteiger partial charge on any atom is -0.465 e. The van der Waals surface area contributed by atoms with Gasteiger partial charge in [-0.25, -0.2) is 0 Å². The molecule has 0 aromatic carbocycles. The van der Waals surface area contributed by atoms with Crippen molar-refractivity contribution in [2.75, 3.05) is 72.4 Å². The van der Waals surface area contributed by atoms with Crippen LogP contribution in [0.4, 0.5) is 0 Å². The zero-order chi connectivity index (χ0) is 21.7. The maximum atomic E-state index is 5.95. The maximum absolute atomic E-state index is 5.95. The average Bonchev–Trinajstić information content (AvgIpc) is 3.23. The second-order valence-corrected chi connectivity index (χ2v) is 8.24. The van der Waals surface area contributed by atoms with Crippen LogP contribution >= 0.6 is 24.0 Å². The van der Waals surface area contributed by atoms with Crippen molar-refractivity contribution in [2.24, 2.45) is 10.9 Å². The number of ether oxygens (including phenoxy) is 3. The Morgan fingerprint density at radius 1 is 1.16 bits per heavy atom. The number of hydrogen-bond donors (Lipinski definition) is 2. The van der Waals surface area contributed by atoms with Gasteiger partial charge in [0.2, 0.25) is 0 Å². The van der Waals surface area contributed by atoms with Gasteiger partial charge in [0.15, 0.2) is 5.96 Å². The van der Waals surface area contributed by atoms with Gasteiger partial charge in [0.25, 0.3) is 0 Å². The molecule has 2 N–H and O–H groups in total. The summed E-state index contributed by atoms with van der Waals surface area (Å²) in [4.78, 5) is 7.26. The Balaban J connectivity index is 0.00000363. The van der Waals surface area contributed by atoms with Gasteiger partial charge in [0, 0.05) is 52.6 Å². The van der Waals surface area contributed by atoms with Crippen LogP contribution in [0.25, 0.3) is 0 Å². The molecule has 184 valence electrons. The standard InChI is InChI=1S/C23H40N4O4.HI/c1-3-24-23(25-9-4-12-30-18-20-7-13-28-14-8-20)26-17-21(22-6-5-19(2)31-22)27-10-15-29-16-11-27;/h5-6,20-21H,3-4,7-18H2,1-2H3,(H2,24,25,26);1H. The molecule has 0 radical (unpaired) electrons. The molecule has 1 atom stereocenters. The summed E-state index contributed by atoms with van der Waals surface area (Å²) in [6, 6.07) is 4.22. The molecule has 8 nitrogen and oxygen atoms in total. The van der Waals surface area contributed by atoms with Crippen molar-refractivity contribution >= 4 is 29.9 Å². The molecule has 2 aliphatic heterocycles. The van der Waals surface area contributed by atoms with Crippen LogP contribution in [0.5, 0.6) is 0 Å². The van der Waals surface area contributed by atoms with Crippen LogP contribution in [-0.4, -0.2) is 83.2 Å². The van der Waals surface area contributed by atoms with E-state index in [1.807, 2.05) is 13.0 Å². The number of aryl methyl sites for hydroxylation is 1. The smallest absolute Gasteiger partial charge is 0.191 e. The number of rotatable bonds is 11. The predicted molar refractivity (Wildman–Crippen MR) is 137 cm³/mol. The molecule has 1 aromatic heterocycles. The Labute approximate surface area is 209 Å². The van der Waals surface area contributed by atoms with Crippen LogP contribution in [0.3, 0.4) is 0 Å². The first kappa shape index (κ1) is 27.4. The molecule has 9 heteroatoms. The van der Waals surface area contributed by atoms with Crippen LogP contribution in [0, 0.1) is 12.8 Å². The van der Waals surface area contributed by atoms with E-state index in [1.165, 1.54) is 0 Å². The molecule has 3 heterocycles. The summed E-state index contributed by atoms with van der Waals surface area (Å²) in [5.41, 5.74) is 0. The molecule has 0 amide bonds. The summed E-state index contributed by atoms with van der Waals surface area (Å²) in [7, 11) is 0. The van der Waals surface area contributed by atoms with Crippen LogP contribution < -0.4 is 10.6 Å². The summed E-state index contributed by atoms with van der Waals surface area (Å²) in [5, 5.41) is 6.79. The van der Waals surface area contributed by atoms with E-state index >= 15 is 0 Å². The number of furan rings is 1. The van der Waals surface area contributed by atoms with Gasteiger partial charge in [-0.1, -0.05) is 0 Å². The molecule has 3 rings (SSSR count). The van der Waals surface area contributed by atoms with Gasteiger partial charge in [0.05, 0.1) is 25.8 Å². The Morgan fingerprint density at radius 3 is 2.59 bits per heavy atom. The number of morpholine rings is 1. The maximum Gasteiger partial charge on any atom is 0.191 e. The normalized spacial score (nSPS) is 19.4. The third-order valence-corrected chi connectivity index (χ3v) is 5.79. The van der Waals surface area contributed by atoms with E-state index in [0.717, 1.165) is 103 Å². The van der Waals surface area contributed by atoms with Gasteiger partial charge < -0.3 is 29.3 Å². The zero-order valence-electron chi connectivity index (χ0n) is 19.6. The third kappa shape index (κ3) is 9.54. The zero-order valence-corrected chi connectivity index (χ0v) is 22.0. The van der Waals surface area contributed by atoms with Crippen molar-refractivity contribution < 1.29 is 18.6 Å². The van der Waals surface area contributed by atoms with Crippen LogP contribution in [-0.2, 0) is 14.2 Å². The molecule has 1 unspecified atom stereocenters. The van der Waals surface area contributed by atoms with Crippen LogP contribution in [0.15, 0.2) is 21.5 Å². The molecule has 2 aliphatic rings. The highest BCUT2D eigenvalue weighted by Gasteiger charge is 2.25. The third-order valence-electron chi connectivity index (χ3n) is 5.79. The lowest BCUT2D eigenvalue weighted by Crippen LogP contribution is -2.42. The quantitative estimate of drug-likeness (QED) is 0.185. The van der Waals surface area contributed by atoms with Crippen molar-refractivity contribution in [3.05, 3.63) is 23.7 Å². The second kappa shape index (κ2) is 15.9. The molecule has 0 spiro atoms. The molecular formula is C23H41IN4O4. The number of aliphatic imine (C=N–C) groups is 1. The first-order chi connectivity index (χ1) is 15.3. The molecular weight excluding hydrogens is 523 g/mol. The van der Waals surface area contributed by atoms with Crippen molar-refractivity contribution in [1.29, 1.82) is 0 Å². The minimum atomic E-state index is 0. The summed E-state index contributed by atoms with van der Waals surface area (Å²) >= 11 is 0. The van der Waals surface area contributed by atoms with E-state index in [2.05, 4.69) is 28.5 Å². The molecule has 0 bridgehead atoms. The van der Waals surface area contributed by atoms with E-state index in [-0.39, 0.29) is 30.0 Å². The Hall–Kier alpha value is -0.880. The summed E-state index contributed by atoms with van der Waals surface area (Å²) < 4.78 is 22.7. The number of nitrogens with one attached hydrogen (secondary N) is 2. The fourth-order valence-electron chi connectivity index (χ4n) is 3.97. The van der Waals surface area contributed by atoms with E-state index in [0.29, 0.717) is 12.5 Å². The van der Waals surface area contributed by atoms with Crippen LogP contribution in [0.1, 0.15) is 43.7 Å². The molecule has 32 heavy (non-hydrogen) atoms. The SMILES string of the molecule is CCNC(=NCC(c1ccc(C)o1)N1CCOCC1)NCCCOCC1CCOCC1.I. The fourth-order valence-corrected chi connectivity index (χ4v) is 3.97. The summed E-state index contributed by atoms with van der Waals surface area (Å²) in [5.74, 6) is 3.40. The Kier molecular flexibility index (Phi) is 13.6.